The molecule has 2 amide bonds. The molecule has 4 aromatic carbocycles. The van der Waals surface area contributed by atoms with Crippen molar-refractivity contribution in [1.82, 2.24) is 5.32 Å². The van der Waals surface area contributed by atoms with Crippen LogP contribution in [0.2, 0.25) is 0 Å². The summed E-state index contributed by atoms with van der Waals surface area (Å²) >= 11 is 0. The third kappa shape index (κ3) is 8.40. The minimum Gasteiger partial charge on any atom is -0.497 e. The highest BCUT2D eigenvalue weighted by Crippen LogP contribution is 2.32. The molecular weight excluding hydrogens is 600 g/mol. The summed E-state index contributed by atoms with van der Waals surface area (Å²) in [7, 11) is 2.71. The molecule has 0 spiro atoms. The van der Waals surface area contributed by atoms with Crippen LogP contribution in [-0.2, 0) is 20.9 Å². The van der Waals surface area contributed by atoms with Crippen molar-refractivity contribution in [2.24, 2.45) is 11.7 Å². The monoisotopic (exact) mass is 636 g/mol. The fourth-order valence-electron chi connectivity index (χ4n) is 4.74. The van der Waals surface area contributed by atoms with Crippen molar-refractivity contribution in [3.8, 4) is 16.9 Å². The number of carbonyl (C=O) groups is 4. The highest BCUT2D eigenvalue weighted by molar-refractivity contribution is 6.11. The van der Waals surface area contributed by atoms with E-state index in [1.165, 1.54) is 32.4 Å². The largest absolute Gasteiger partial charge is 0.497 e. The molecule has 4 aromatic rings. The van der Waals surface area contributed by atoms with Crippen molar-refractivity contribution in [2.45, 2.75) is 26.5 Å². The maximum absolute atomic E-state index is 13.7. The van der Waals surface area contributed by atoms with Crippen LogP contribution in [0, 0.1) is 11.3 Å². The molecule has 0 aliphatic rings. The number of nitrogens with one attached hydrogen (secondary N) is 3. The van der Waals surface area contributed by atoms with Crippen molar-refractivity contribution < 1.29 is 33.4 Å². The van der Waals surface area contributed by atoms with Gasteiger partial charge < -0.3 is 30.6 Å². The smallest absolute Gasteiger partial charge is 0.339 e. The summed E-state index contributed by atoms with van der Waals surface area (Å²) in [6, 6.07) is 23.9. The van der Waals surface area contributed by atoms with Crippen LogP contribution >= 0.6 is 0 Å². The Hall–Kier alpha value is -5.97. The number of amidine groups is 1. The van der Waals surface area contributed by atoms with Gasteiger partial charge in [0.2, 0.25) is 0 Å². The number of nitrogens with two attached hydrogens (primary N) is 1. The second kappa shape index (κ2) is 15.3. The Morgan fingerprint density at radius 1 is 0.787 bits per heavy atom. The maximum Gasteiger partial charge on any atom is 0.339 e. The number of carbonyl (C=O) groups excluding carboxylic acids is 4. The van der Waals surface area contributed by atoms with E-state index >= 15 is 0 Å². The molecule has 242 valence electrons. The second-order valence-corrected chi connectivity index (χ2v) is 10.9. The topological polar surface area (TPSA) is 170 Å². The minimum atomic E-state index is -0.915. The number of rotatable bonds is 12. The quantitative estimate of drug-likeness (QED) is 0.0936. The molecule has 0 bridgehead atoms. The van der Waals surface area contributed by atoms with E-state index in [1.54, 1.807) is 56.3 Å². The SMILES string of the molecule is COC(=O)C(NC(=O)c1ccc(-c2ccc(OC)cc2C(=O)Nc2ccc(C(=N)N)cc2)c(C(=O)OCc2ccccc2)c1)C(C)C. The summed E-state index contributed by atoms with van der Waals surface area (Å²) in [5, 5.41) is 13.1. The molecule has 11 heteroatoms. The predicted octanol–water partition coefficient (Wildman–Crippen LogP) is 5.18. The Morgan fingerprint density at radius 2 is 1.43 bits per heavy atom. The van der Waals surface area contributed by atoms with Crippen molar-refractivity contribution in [2.75, 3.05) is 19.5 Å². The molecule has 4 rings (SSSR count). The van der Waals surface area contributed by atoms with Gasteiger partial charge in [0, 0.05) is 16.8 Å². The van der Waals surface area contributed by atoms with Gasteiger partial charge in [0.05, 0.1) is 25.3 Å². The summed E-state index contributed by atoms with van der Waals surface area (Å²) < 4.78 is 15.9. The van der Waals surface area contributed by atoms with E-state index in [1.807, 2.05) is 30.3 Å². The molecule has 0 aromatic heterocycles. The van der Waals surface area contributed by atoms with E-state index in [4.69, 9.17) is 25.4 Å². The minimum absolute atomic E-state index is 0.0257. The molecule has 47 heavy (non-hydrogen) atoms. The normalized spacial score (nSPS) is 11.3. The molecule has 0 fully saturated rings. The van der Waals surface area contributed by atoms with E-state index < -0.39 is 29.8 Å². The van der Waals surface area contributed by atoms with Gasteiger partial charge in [0.15, 0.2) is 0 Å². The van der Waals surface area contributed by atoms with E-state index in [0.717, 1.165) is 5.56 Å². The first-order valence-electron chi connectivity index (χ1n) is 14.7. The van der Waals surface area contributed by atoms with Gasteiger partial charge in [-0.15, -0.1) is 0 Å². The number of esters is 2. The summed E-state index contributed by atoms with van der Waals surface area (Å²) in [6.45, 7) is 3.51. The van der Waals surface area contributed by atoms with Gasteiger partial charge in [-0.1, -0.05) is 50.2 Å². The van der Waals surface area contributed by atoms with Gasteiger partial charge in [0.1, 0.15) is 24.2 Å². The van der Waals surface area contributed by atoms with Gasteiger partial charge in [0.25, 0.3) is 11.8 Å². The summed E-state index contributed by atoms with van der Waals surface area (Å²) in [4.78, 5) is 53.0. The lowest BCUT2D eigenvalue weighted by Gasteiger charge is -2.20. The van der Waals surface area contributed by atoms with Crippen LogP contribution in [0.1, 0.15) is 56.0 Å². The van der Waals surface area contributed by atoms with Crippen molar-refractivity contribution in [3.63, 3.8) is 0 Å². The first kappa shape index (κ1) is 33.9. The third-order valence-corrected chi connectivity index (χ3v) is 7.34. The number of methoxy groups -OCH3 is 2. The standard InChI is InChI=1S/C36H36N4O7/c1-21(2)31(36(44)46-4)40-33(41)24-12-16-28(30(18-24)35(43)47-20-22-8-6-5-7-9-22)27-17-15-26(45-3)19-29(27)34(42)39-25-13-10-23(11-14-25)32(37)38/h5-19,21,31H,20H2,1-4H3,(H3,37,38)(H,39,42)(H,40,41). The number of anilines is 1. The van der Waals surface area contributed by atoms with Crippen LogP contribution < -0.4 is 21.1 Å². The summed E-state index contributed by atoms with van der Waals surface area (Å²) in [6.07, 6.45) is 0. The number of amides is 2. The van der Waals surface area contributed by atoms with E-state index in [9.17, 15) is 19.2 Å². The van der Waals surface area contributed by atoms with E-state index in [2.05, 4.69) is 10.6 Å². The average molecular weight is 637 g/mol. The predicted molar refractivity (Wildman–Crippen MR) is 178 cm³/mol. The Balaban J connectivity index is 1.77. The summed E-state index contributed by atoms with van der Waals surface area (Å²) in [5.74, 6) is -2.40. The maximum atomic E-state index is 13.7. The zero-order valence-corrected chi connectivity index (χ0v) is 26.5. The lowest BCUT2D eigenvalue weighted by atomic mass is 9.92. The van der Waals surface area contributed by atoms with Gasteiger partial charge in [-0.25, -0.2) is 9.59 Å². The van der Waals surface area contributed by atoms with E-state index in [0.29, 0.717) is 28.1 Å². The average Bonchev–Trinajstić information content (AvgIpc) is 3.09. The molecule has 0 saturated carbocycles. The van der Waals surface area contributed by atoms with Crippen LogP contribution in [0.25, 0.3) is 11.1 Å². The lowest BCUT2D eigenvalue weighted by molar-refractivity contribution is -0.144. The van der Waals surface area contributed by atoms with Gasteiger partial charge in [-0.2, -0.15) is 0 Å². The van der Waals surface area contributed by atoms with Gasteiger partial charge >= 0.3 is 11.9 Å². The molecule has 5 N–H and O–H groups in total. The van der Waals surface area contributed by atoms with Crippen LogP contribution in [0.15, 0.2) is 91.0 Å². The molecule has 1 unspecified atom stereocenters. The number of hydrogen-bond donors (Lipinski definition) is 4. The Labute approximate surface area is 272 Å². The molecule has 0 aliphatic heterocycles. The molecule has 0 heterocycles. The second-order valence-electron chi connectivity index (χ2n) is 10.9. The zero-order valence-electron chi connectivity index (χ0n) is 26.5. The summed E-state index contributed by atoms with van der Waals surface area (Å²) in [5.41, 5.74) is 8.26. The van der Waals surface area contributed by atoms with Crippen LogP contribution in [-0.4, -0.2) is 49.9 Å². The molecule has 0 radical (unpaired) electrons. The molecule has 1 atom stereocenters. The Morgan fingerprint density at radius 3 is 2.04 bits per heavy atom. The van der Waals surface area contributed by atoms with E-state index in [-0.39, 0.29) is 35.1 Å². The van der Waals surface area contributed by atoms with Gasteiger partial charge in [-0.3, -0.25) is 15.0 Å². The Kier molecular flexibility index (Phi) is 11.1. The van der Waals surface area contributed by atoms with Crippen LogP contribution in [0.3, 0.4) is 0 Å². The zero-order chi connectivity index (χ0) is 34.1. The molecular formula is C36H36N4O7. The molecule has 0 aliphatic carbocycles. The highest BCUT2D eigenvalue weighted by atomic mass is 16.5. The first-order valence-corrected chi connectivity index (χ1v) is 14.7. The molecule has 11 nitrogen and oxygen atoms in total. The first-order chi connectivity index (χ1) is 22.5. The number of hydrogen-bond acceptors (Lipinski definition) is 8. The van der Waals surface area contributed by atoms with Gasteiger partial charge in [-0.05, 0) is 77.2 Å². The third-order valence-electron chi connectivity index (χ3n) is 7.34. The Bertz CT molecular complexity index is 1790. The van der Waals surface area contributed by atoms with Crippen LogP contribution in [0.4, 0.5) is 5.69 Å². The fourth-order valence-corrected chi connectivity index (χ4v) is 4.74. The number of benzene rings is 4. The van der Waals surface area contributed by atoms with Crippen molar-refractivity contribution in [1.29, 1.82) is 5.41 Å². The van der Waals surface area contributed by atoms with Crippen molar-refractivity contribution in [3.05, 3.63) is 119 Å². The lowest BCUT2D eigenvalue weighted by Crippen LogP contribution is -2.45. The molecule has 0 saturated heterocycles. The highest BCUT2D eigenvalue weighted by Gasteiger charge is 2.27. The fraction of sp³-hybridized carbons (Fsp3) is 0.194. The van der Waals surface area contributed by atoms with Crippen LogP contribution in [0.5, 0.6) is 5.75 Å². The van der Waals surface area contributed by atoms with Crippen molar-refractivity contribution >= 4 is 35.3 Å². The number of ether oxygens (including phenoxy) is 3. The number of nitrogen functional groups attached to an aromatic ring is 1.